The van der Waals surface area contributed by atoms with Gasteiger partial charge in [-0.2, -0.15) is 0 Å². The quantitative estimate of drug-likeness (QED) is 0.217. The number of benzene rings is 1. The number of thioether (sulfide) groups is 1. The summed E-state index contributed by atoms with van der Waals surface area (Å²) in [7, 11) is -3.12. The van der Waals surface area contributed by atoms with Gasteiger partial charge in [0.15, 0.2) is 9.84 Å². The molecule has 0 atom stereocenters. The summed E-state index contributed by atoms with van der Waals surface area (Å²) in [6.07, 6.45) is 14.5. The van der Waals surface area contributed by atoms with E-state index in [9.17, 15) is 8.42 Å². The van der Waals surface area contributed by atoms with Crippen molar-refractivity contribution in [2.45, 2.75) is 101 Å². The van der Waals surface area contributed by atoms with Gasteiger partial charge in [-0.3, -0.25) is 0 Å². The van der Waals surface area contributed by atoms with Gasteiger partial charge in [-0.15, -0.1) is 11.8 Å². The second-order valence-electron chi connectivity index (χ2n) is 7.17. The molecule has 0 aromatic heterocycles. The van der Waals surface area contributed by atoms with E-state index in [0.717, 1.165) is 25.0 Å². The van der Waals surface area contributed by atoms with Gasteiger partial charge in [0.05, 0.1) is 10.6 Å². The lowest BCUT2D eigenvalue weighted by molar-refractivity contribution is 0.583. The van der Waals surface area contributed by atoms with Crippen LogP contribution >= 0.6 is 11.8 Å². The molecule has 0 heterocycles. The first-order chi connectivity index (χ1) is 12.6. The molecule has 0 aliphatic carbocycles. The van der Waals surface area contributed by atoms with E-state index in [-0.39, 0.29) is 5.75 Å². The molecule has 4 heteroatoms. The summed E-state index contributed by atoms with van der Waals surface area (Å²) in [5.41, 5.74) is 0. The largest absolute Gasteiger partial charge is 0.224 e. The molecule has 2 nitrogen and oxygen atoms in total. The maximum Gasteiger partial charge on any atom is 0.178 e. The first-order valence-corrected chi connectivity index (χ1v) is 13.2. The summed E-state index contributed by atoms with van der Waals surface area (Å²) in [5, 5.41) is 0. The predicted molar refractivity (Wildman–Crippen MR) is 116 cm³/mol. The fraction of sp³-hybridized carbons (Fsp3) is 0.727. The average Bonchev–Trinajstić information content (AvgIpc) is 2.64. The summed E-state index contributed by atoms with van der Waals surface area (Å²) in [6, 6.07) is 7.51. The summed E-state index contributed by atoms with van der Waals surface area (Å²) in [4.78, 5) is 1.66. The predicted octanol–water partition coefficient (Wildman–Crippen LogP) is 7.27. The monoisotopic (exact) mass is 398 g/mol. The Kier molecular flexibility index (Phi) is 13.2. The minimum atomic E-state index is -3.12. The number of hydrogen-bond donors (Lipinski definition) is 0. The van der Waals surface area contributed by atoms with E-state index >= 15 is 0 Å². The Balaban J connectivity index is 2.27. The van der Waals surface area contributed by atoms with Crippen LogP contribution in [0.2, 0.25) is 0 Å². The summed E-state index contributed by atoms with van der Waals surface area (Å²) < 4.78 is 24.8. The molecule has 26 heavy (non-hydrogen) atoms. The van der Waals surface area contributed by atoms with Gasteiger partial charge in [0.1, 0.15) is 0 Å². The van der Waals surface area contributed by atoms with Crippen LogP contribution in [0.25, 0.3) is 0 Å². The van der Waals surface area contributed by atoms with Crippen molar-refractivity contribution in [3.05, 3.63) is 24.3 Å². The summed E-state index contributed by atoms with van der Waals surface area (Å²) in [5.74, 6) is 1.40. The van der Waals surface area contributed by atoms with Gasteiger partial charge in [0.2, 0.25) is 0 Å². The maximum atomic E-state index is 12.4. The SMILES string of the molecule is CCCCCCCCSc1ccc(S(=O)(=O)CCCCCCCC)cc1. The van der Waals surface area contributed by atoms with Gasteiger partial charge < -0.3 is 0 Å². The third-order valence-electron chi connectivity index (χ3n) is 4.72. The van der Waals surface area contributed by atoms with E-state index in [4.69, 9.17) is 0 Å². The zero-order chi connectivity index (χ0) is 19.1. The molecular weight excluding hydrogens is 360 g/mol. The zero-order valence-corrected chi connectivity index (χ0v) is 18.5. The van der Waals surface area contributed by atoms with Gasteiger partial charge in [-0.25, -0.2) is 8.42 Å². The first-order valence-electron chi connectivity index (χ1n) is 10.6. The van der Waals surface area contributed by atoms with E-state index in [0.29, 0.717) is 4.90 Å². The van der Waals surface area contributed by atoms with Gasteiger partial charge in [0.25, 0.3) is 0 Å². The van der Waals surface area contributed by atoms with E-state index in [1.54, 1.807) is 12.1 Å². The number of sulfone groups is 1. The molecule has 0 N–H and O–H groups in total. The van der Waals surface area contributed by atoms with Crippen LogP contribution in [0.3, 0.4) is 0 Å². The van der Waals surface area contributed by atoms with Gasteiger partial charge in [-0.1, -0.05) is 78.1 Å². The maximum absolute atomic E-state index is 12.4. The zero-order valence-electron chi connectivity index (χ0n) is 16.8. The van der Waals surface area contributed by atoms with E-state index in [1.165, 1.54) is 62.7 Å². The normalized spacial score (nSPS) is 11.8. The topological polar surface area (TPSA) is 34.1 Å². The Hall–Kier alpha value is -0.480. The molecule has 0 spiro atoms. The molecule has 1 aromatic carbocycles. The van der Waals surface area contributed by atoms with Crippen molar-refractivity contribution in [3.63, 3.8) is 0 Å². The lowest BCUT2D eigenvalue weighted by atomic mass is 10.1. The van der Waals surface area contributed by atoms with Crippen LogP contribution in [-0.2, 0) is 9.84 Å². The Morgan fingerprint density at radius 2 is 1.19 bits per heavy atom. The van der Waals surface area contributed by atoms with Crippen molar-refractivity contribution in [2.75, 3.05) is 11.5 Å². The fourth-order valence-corrected chi connectivity index (χ4v) is 5.29. The lowest BCUT2D eigenvalue weighted by Gasteiger charge is -2.06. The van der Waals surface area contributed by atoms with Crippen molar-refractivity contribution in [1.29, 1.82) is 0 Å². The Bertz CT molecular complexity index is 550. The molecule has 0 saturated heterocycles. The van der Waals surface area contributed by atoms with E-state index < -0.39 is 9.84 Å². The van der Waals surface area contributed by atoms with E-state index in [1.807, 2.05) is 23.9 Å². The second-order valence-corrected chi connectivity index (χ2v) is 10.5. The van der Waals surface area contributed by atoms with E-state index in [2.05, 4.69) is 13.8 Å². The third kappa shape index (κ3) is 10.6. The molecule has 0 bridgehead atoms. The van der Waals surface area contributed by atoms with Gasteiger partial charge in [-0.05, 0) is 42.9 Å². The standard InChI is InChI=1S/C22H38O2S2/c1-3-5-7-9-11-13-19-25-21-15-17-22(18-16-21)26(23,24)20-14-12-10-8-6-4-2/h15-18H,3-14,19-20H2,1-2H3. The van der Waals surface area contributed by atoms with Crippen molar-refractivity contribution < 1.29 is 8.42 Å². The van der Waals surface area contributed by atoms with Crippen LogP contribution in [0.5, 0.6) is 0 Å². The van der Waals surface area contributed by atoms with Crippen LogP contribution < -0.4 is 0 Å². The van der Waals surface area contributed by atoms with Crippen molar-refractivity contribution in [1.82, 2.24) is 0 Å². The number of rotatable bonds is 16. The highest BCUT2D eigenvalue weighted by atomic mass is 32.2. The molecule has 1 rings (SSSR count). The highest BCUT2D eigenvalue weighted by molar-refractivity contribution is 7.99. The molecule has 0 saturated carbocycles. The first kappa shape index (κ1) is 23.6. The third-order valence-corrected chi connectivity index (χ3v) is 7.63. The lowest BCUT2D eigenvalue weighted by Crippen LogP contribution is -2.06. The minimum Gasteiger partial charge on any atom is -0.224 e. The molecular formula is C22H38O2S2. The Morgan fingerprint density at radius 1 is 0.692 bits per heavy atom. The van der Waals surface area contributed by atoms with Crippen LogP contribution in [-0.4, -0.2) is 19.9 Å². The molecule has 150 valence electrons. The van der Waals surface area contributed by atoms with Crippen molar-refractivity contribution in [3.8, 4) is 0 Å². The highest BCUT2D eigenvalue weighted by Crippen LogP contribution is 2.23. The molecule has 0 aliphatic rings. The molecule has 0 fully saturated rings. The molecule has 0 amide bonds. The molecule has 1 aromatic rings. The molecule has 0 unspecified atom stereocenters. The summed E-state index contributed by atoms with van der Waals surface area (Å²) in [6.45, 7) is 4.44. The Morgan fingerprint density at radius 3 is 1.77 bits per heavy atom. The smallest absolute Gasteiger partial charge is 0.178 e. The molecule has 0 aliphatic heterocycles. The second kappa shape index (κ2) is 14.6. The van der Waals surface area contributed by atoms with Crippen molar-refractivity contribution in [2.24, 2.45) is 0 Å². The van der Waals surface area contributed by atoms with Gasteiger partial charge >= 0.3 is 0 Å². The number of unbranched alkanes of at least 4 members (excludes halogenated alkanes) is 10. The average molecular weight is 399 g/mol. The fourth-order valence-electron chi connectivity index (χ4n) is 3.01. The summed E-state index contributed by atoms with van der Waals surface area (Å²) >= 11 is 1.84. The highest BCUT2D eigenvalue weighted by Gasteiger charge is 2.13. The minimum absolute atomic E-state index is 0.281. The van der Waals surface area contributed by atoms with Crippen LogP contribution in [0.1, 0.15) is 90.9 Å². The van der Waals surface area contributed by atoms with Crippen LogP contribution in [0.4, 0.5) is 0 Å². The van der Waals surface area contributed by atoms with Gasteiger partial charge in [0, 0.05) is 4.90 Å². The number of hydrogen-bond acceptors (Lipinski definition) is 3. The molecule has 0 radical (unpaired) electrons. The van der Waals surface area contributed by atoms with Crippen LogP contribution in [0.15, 0.2) is 34.1 Å². The van der Waals surface area contributed by atoms with Crippen molar-refractivity contribution >= 4 is 21.6 Å². The van der Waals surface area contributed by atoms with Crippen LogP contribution in [0, 0.1) is 0 Å². The Labute approximate surface area is 166 Å².